The molecule has 0 radical (unpaired) electrons. The zero-order valence-corrected chi connectivity index (χ0v) is 12.2. The van der Waals surface area contributed by atoms with Crippen LogP contribution in [0.1, 0.15) is 35.2 Å². The van der Waals surface area contributed by atoms with Gasteiger partial charge in [-0.1, -0.05) is 6.07 Å². The molecular formula is C14H16BrNO3. The molecule has 0 heterocycles. The highest BCUT2D eigenvalue weighted by Crippen LogP contribution is 2.26. The van der Waals surface area contributed by atoms with Gasteiger partial charge in [-0.3, -0.25) is 9.59 Å². The fourth-order valence-corrected chi connectivity index (χ4v) is 3.08. The molecule has 2 unspecified atom stereocenters. The maximum atomic E-state index is 12.1. The molecule has 1 fully saturated rings. The third kappa shape index (κ3) is 3.35. The molecule has 19 heavy (non-hydrogen) atoms. The molecule has 1 amide bonds. The number of amides is 1. The maximum absolute atomic E-state index is 12.1. The number of carboxylic acids is 1. The molecular weight excluding hydrogens is 310 g/mol. The number of benzene rings is 1. The molecule has 2 rings (SSSR count). The average Bonchev–Trinajstić information content (AvgIpc) is 2.77. The van der Waals surface area contributed by atoms with Crippen LogP contribution in [0.4, 0.5) is 0 Å². The van der Waals surface area contributed by atoms with Gasteiger partial charge in [0.05, 0.1) is 11.5 Å². The number of aryl methyl sites for hydroxylation is 1. The topological polar surface area (TPSA) is 66.4 Å². The van der Waals surface area contributed by atoms with Gasteiger partial charge in [0.1, 0.15) is 0 Å². The van der Waals surface area contributed by atoms with Gasteiger partial charge in [0.25, 0.3) is 5.91 Å². The number of hydrogen-bond acceptors (Lipinski definition) is 2. The molecule has 5 heteroatoms. The Morgan fingerprint density at radius 2 is 2.11 bits per heavy atom. The molecule has 1 aliphatic rings. The minimum absolute atomic E-state index is 0.0400. The van der Waals surface area contributed by atoms with Crippen LogP contribution >= 0.6 is 15.9 Å². The van der Waals surface area contributed by atoms with Crippen LogP contribution in [0.25, 0.3) is 0 Å². The van der Waals surface area contributed by atoms with Gasteiger partial charge < -0.3 is 10.4 Å². The molecule has 1 aromatic rings. The summed E-state index contributed by atoms with van der Waals surface area (Å²) < 4.78 is 0.762. The van der Waals surface area contributed by atoms with Gasteiger partial charge >= 0.3 is 5.97 Å². The fourth-order valence-electron chi connectivity index (χ4n) is 2.40. The number of hydrogen-bond donors (Lipinski definition) is 2. The van der Waals surface area contributed by atoms with Gasteiger partial charge in [-0.05, 0) is 59.8 Å². The standard InChI is InChI=1S/C14H16BrNO3/c1-8-2-5-11(12(15)6-8)13(17)16-10-4-3-9(7-10)14(18)19/h2,5-6,9-10H,3-4,7H2,1H3,(H,16,17)(H,18,19). The minimum Gasteiger partial charge on any atom is -0.481 e. The van der Waals surface area contributed by atoms with E-state index in [1.54, 1.807) is 6.07 Å². The van der Waals surface area contributed by atoms with Crippen molar-refractivity contribution in [1.82, 2.24) is 5.32 Å². The quantitative estimate of drug-likeness (QED) is 0.897. The number of carboxylic acid groups (broad SMARTS) is 1. The first-order valence-electron chi connectivity index (χ1n) is 6.27. The van der Waals surface area contributed by atoms with E-state index in [2.05, 4.69) is 21.2 Å². The molecule has 0 saturated heterocycles. The Kier molecular flexibility index (Phi) is 4.24. The van der Waals surface area contributed by atoms with E-state index in [0.717, 1.165) is 16.5 Å². The zero-order chi connectivity index (χ0) is 14.0. The van der Waals surface area contributed by atoms with Crippen molar-refractivity contribution in [1.29, 1.82) is 0 Å². The Morgan fingerprint density at radius 1 is 1.37 bits per heavy atom. The van der Waals surface area contributed by atoms with Crippen LogP contribution < -0.4 is 5.32 Å². The second-order valence-electron chi connectivity index (χ2n) is 5.00. The second kappa shape index (κ2) is 5.74. The molecule has 1 aliphatic carbocycles. The SMILES string of the molecule is Cc1ccc(C(=O)NC2CCC(C(=O)O)C2)c(Br)c1. The average molecular weight is 326 g/mol. The zero-order valence-electron chi connectivity index (χ0n) is 10.6. The van der Waals surface area contributed by atoms with E-state index in [-0.39, 0.29) is 17.9 Å². The van der Waals surface area contributed by atoms with Crippen LogP contribution in [0.3, 0.4) is 0 Å². The Hall–Kier alpha value is -1.36. The molecule has 0 spiro atoms. The summed E-state index contributed by atoms with van der Waals surface area (Å²) in [7, 11) is 0. The number of rotatable bonds is 3. The Morgan fingerprint density at radius 3 is 2.68 bits per heavy atom. The van der Waals surface area contributed by atoms with Gasteiger partial charge in [-0.2, -0.15) is 0 Å². The highest BCUT2D eigenvalue weighted by atomic mass is 79.9. The van der Waals surface area contributed by atoms with Crippen molar-refractivity contribution in [2.45, 2.75) is 32.2 Å². The van der Waals surface area contributed by atoms with E-state index in [9.17, 15) is 9.59 Å². The lowest BCUT2D eigenvalue weighted by Crippen LogP contribution is -2.33. The number of nitrogens with one attached hydrogen (secondary N) is 1. The highest BCUT2D eigenvalue weighted by Gasteiger charge is 2.30. The molecule has 2 atom stereocenters. The summed E-state index contributed by atoms with van der Waals surface area (Å²) in [6.07, 6.45) is 1.88. The van der Waals surface area contributed by atoms with Crippen molar-refractivity contribution < 1.29 is 14.7 Å². The van der Waals surface area contributed by atoms with Crippen molar-refractivity contribution in [2.24, 2.45) is 5.92 Å². The first-order chi connectivity index (χ1) is 8.97. The van der Waals surface area contributed by atoms with Gasteiger partial charge in [0, 0.05) is 10.5 Å². The van der Waals surface area contributed by atoms with Crippen molar-refractivity contribution >= 4 is 27.8 Å². The van der Waals surface area contributed by atoms with Gasteiger partial charge in [-0.15, -0.1) is 0 Å². The van der Waals surface area contributed by atoms with Crippen molar-refractivity contribution in [3.63, 3.8) is 0 Å². The summed E-state index contributed by atoms with van der Waals surface area (Å²) in [5.41, 5.74) is 1.67. The van der Waals surface area contributed by atoms with Crippen LogP contribution in [0.2, 0.25) is 0 Å². The van der Waals surface area contributed by atoms with Crippen molar-refractivity contribution in [3.8, 4) is 0 Å². The molecule has 0 bridgehead atoms. The molecule has 4 nitrogen and oxygen atoms in total. The first-order valence-corrected chi connectivity index (χ1v) is 7.06. The van der Waals surface area contributed by atoms with Crippen LogP contribution in [0.15, 0.2) is 22.7 Å². The third-order valence-electron chi connectivity index (χ3n) is 3.49. The fraction of sp³-hybridized carbons (Fsp3) is 0.429. The summed E-state index contributed by atoms with van der Waals surface area (Å²) in [6, 6.07) is 5.51. The van der Waals surface area contributed by atoms with Gasteiger partial charge in [0.15, 0.2) is 0 Å². The lowest BCUT2D eigenvalue weighted by Gasteiger charge is -2.13. The summed E-state index contributed by atoms with van der Waals surface area (Å²) in [4.78, 5) is 23.0. The van der Waals surface area contributed by atoms with Crippen LogP contribution in [0, 0.1) is 12.8 Å². The third-order valence-corrected chi connectivity index (χ3v) is 4.14. The summed E-state index contributed by atoms with van der Waals surface area (Å²) in [5, 5.41) is 11.8. The number of carbonyl (C=O) groups excluding carboxylic acids is 1. The van der Waals surface area contributed by atoms with Gasteiger partial charge in [-0.25, -0.2) is 0 Å². The van der Waals surface area contributed by atoms with E-state index in [4.69, 9.17) is 5.11 Å². The largest absolute Gasteiger partial charge is 0.481 e. The smallest absolute Gasteiger partial charge is 0.306 e. The van der Waals surface area contributed by atoms with Crippen molar-refractivity contribution in [2.75, 3.05) is 0 Å². The predicted molar refractivity (Wildman–Crippen MR) is 75.1 cm³/mol. The minimum atomic E-state index is -0.770. The summed E-state index contributed by atoms with van der Waals surface area (Å²) in [6.45, 7) is 1.96. The van der Waals surface area contributed by atoms with E-state index in [1.807, 2.05) is 19.1 Å². The second-order valence-corrected chi connectivity index (χ2v) is 5.86. The summed E-state index contributed by atoms with van der Waals surface area (Å²) >= 11 is 3.38. The normalized spacial score (nSPS) is 22.2. The maximum Gasteiger partial charge on any atom is 0.306 e. The van der Waals surface area contributed by atoms with E-state index >= 15 is 0 Å². The van der Waals surface area contributed by atoms with Crippen LogP contribution in [0.5, 0.6) is 0 Å². The van der Waals surface area contributed by atoms with Crippen molar-refractivity contribution in [3.05, 3.63) is 33.8 Å². The molecule has 2 N–H and O–H groups in total. The summed E-state index contributed by atoms with van der Waals surface area (Å²) in [5.74, 6) is -1.25. The lowest BCUT2D eigenvalue weighted by atomic mass is 10.1. The molecule has 1 saturated carbocycles. The Balaban J connectivity index is 2.00. The number of carbonyl (C=O) groups is 2. The predicted octanol–water partition coefficient (Wildman–Crippen LogP) is 2.74. The van der Waals surface area contributed by atoms with Gasteiger partial charge in [0.2, 0.25) is 0 Å². The molecule has 1 aromatic carbocycles. The van der Waals surface area contributed by atoms with Crippen LogP contribution in [-0.2, 0) is 4.79 Å². The Bertz CT molecular complexity index is 515. The Labute approximate surface area is 120 Å². The van der Waals surface area contributed by atoms with E-state index < -0.39 is 5.97 Å². The van der Waals surface area contributed by atoms with E-state index in [1.165, 1.54) is 0 Å². The number of aliphatic carboxylic acids is 1. The highest BCUT2D eigenvalue weighted by molar-refractivity contribution is 9.10. The monoisotopic (exact) mass is 325 g/mol. The first kappa shape index (κ1) is 14.1. The number of halogens is 1. The lowest BCUT2D eigenvalue weighted by molar-refractivity contribution is -0.141. The molecule has 0 aliphatic heterocycles. The van der Waals surface area contributed by atoms with Crippen LogP contribution in [-0.4, -0.2) is 23.0 Å². The van der Waals surface area contributed by atoms with E-state index in [0.29, 0.717) is 18.4 Å². The molecule has 102 valence electrons. The molecule has 0 aromatic heterocycles.